The number of thiophene rings is 2. The number of nitrogens with one attached hydrogen (secondary N) is 1. The van der Waals surface area contributed by atoms with Crippen molar-refractivity contribution in [1.29, 1.82) is 0 Å². The Morgan fingerprint density at radius 2 is 2.00 bits per heavy atom. The fraction of sp³-hybridized carbons (Fsp3) is 0.500. The number of thioether (sulfide) groups is 1. The molecule has 2 aromatic heterocycles. The smallest absolute Gasteiger partial charge is 0.0465 e. The summed E-state index contributed by atoms with van der Waals surface area (Å²) in [5.41, 5.74) is 0. The minimum absolute atomic E-state index is 0.454. The zero-order valence-electron chi connectivity index (χ0n) is 12.2. The molecular formula is C16H23NS3. The van der Waals surface area contributed by atoms with Gasteiger partial charge in [0.2, 0.25) is 0 Å². The van der Waals surface area contributed by atoms with Crippen molar-refractivity contribution in [2.24, 2.45) is 0 Å². The first-order valence-electron chi connectivity index (χ1n) is 7.19. The van der Waals surface area contributed by atoms with E-state index in [0.29, 0.717) is 12.1 Å². The summed E-state index contributed by atoms with van der Waals surface area (Å²) < 4.78 is 0. The van der Waals surface area contributed by atoms with Crippen LogP contribution in [0.4, 0.5) is 0 Å². The summed E-state index contributed by atoms with van der Waals surface area (Å²) in [4.78, 5) is 2.92. The van der Waals surface area contributed by atoms with Gasteiger partial charge in [-0.3, -0.25) is 0 Å². The first-order chi connectivity index (χ1) is 9.79. The van der Waals surface area contributed by atoms with Crippen molar-refractivity contribution < 1.29 is 0 Å². The Bertz CT molecular complexity index is 450. The molecule has 0 radical (unpaired) electrons. The number of hydrogen-bond donors (Lipinski definition) is 1. The van der Waals surface area contributed by atoms with Crippen LogP contribution in [0.15, 0.2) is 35.0 Å². The molecule has 0 saturated heterocycles. The van der Waals surface area contributed by atoms with Crippen molar-refractivity contribution in [3.63, 3.8) is 0 Å². The van der Waals surface area contributed by atoms with Crippen molar-refractivity contribution in [3.05, 3.63) is 44.8 Å². The quantitative estimate of drug-likeness (QED) is 0.635. The highest BCUT2D eigenvalue weighted by Crippen LogP contribution is 2.25. The highest BCUT2D eigenvalue weighted by atomic mass is 32.2. The predicted octanol–water partition coefficient (Wildman–Crippen LogP) is 5.21. The van der Waals surface area contributed by atoms with E-state index in [9.17, 15) is 0 Å². The molecule has 0 fully saturated rings. The third kappa shape index (κ3) is 5.24. The van der Waals surface area contributed by atoms with Gasteiger partial charge in [-0.25, -0.2) is 0 Å². The summed E-state index contributed by atoms with van der Waals surface area (Å²) in [5.74, 6) is 2.47. The van der Waals surface area contributed by atoms with Crippen LogP contribution in [0, 0.1) is 0 Å². The van der Waals surface area contributed by atoms with E-state index in [4.69, 9.17) is 0 Å². The van der Waals surface area contributed by atoms with Crippen molar-refractivity contribution >= 4 is 34.4 Å². The predicted molar refractivity (Wildman–Crippen MR) is 95.3 cm³/mol. The van der Waals surface area contributed by atoms with Crippen LogP contribution in [0.5, 0.6) is 0 Å². The third-order valence-corrected chi connectivity index (χ3v) is 6.07. The molecule has 0 aromatic carbocycles. The van der Waals surface area contributed by atoms with Gasteiger partial charge in [-0.2, -0.15) is 11.8 Å². The summed E-state index contributed by atoms with van der Waals surface area (Å²) >= 11 is 5.75. The number of rotatable bonds is 9. The summed E-state index contributed by atoms with van der Waals surface area (Å²) in [6.45, 7) is 4.54. The van der Waals surface area contributed by atoms with Crippen LogP contribution in [0.2, 0.25) is 0 Å². The molecule has 2 aromatic rings. The van der Waals surface area contributed by atoms with Crippen LogP contribution in [-0.2, 0) is 6.42 Å². The molecule has 4 heteroatoms. The molecule has 0 aliphatic heterocycles. The molecule has 2 atom stereocenters. The van der Waals surface area contributed by atoms with Crippen molar-refractivity contribution in [2.45, 2.75) is 38.8 Å². The second-order valence-corrected chi connectivity index (χ2v) is 8.31. The minimum Gasteiger partial charge on any atom is -0.306 e. The second kappa shape index (κ2) is 8.88. The van der Waals surface area contributed by atoms with E-state index in [0.717, 1.165) is 6.42 Å². The Kier molecular flexibility index (Phi) is 7.14. The lowest BCUT2D eigenvalue weighted by molar-refractivity contribution is 0.452. The Balaban J connectivity index is 1.92. The Morgan fingerprint density at radius 3 is 2.65 bits per heavy atom. The van der Waals surface area contributed by atoms with E-state index in [1.54, 1.807) is 0 Å². The van der Waals surface area contributed by atoms with Gasteiger partial charge in [0.25, 0.3) is 0 Å². The first-order valence-corrected chi connectivity index (χ1v) is 10.1. The molecule has 2 unspecified atom stereocenters. The van der Waals surface area contributed by atoms with Crippen LogP contribution in [0.25, 0.3) is 0 Å². The van der Waals surface area contributed by atoms with Gasteiger partial charge < -0.3 is 5.32 Å². The summed E-state index contributed by atoms with van der Waals surface area (Å²) in [5, 5.41) is 8.17. The topological polar surface area (TPSA) is 12.0 Å². The lowest BCUT2D eigenvalue weighted by Gasteiger charge is -2.22. The second-order valence-electron chi connectivity index (χ2n) is 4.90. The molecule has 0 aliphatic carbocycles. The average Bonchev–Trinajstić information content (AvgIpc) is 3.11. The van der Waals surface area contributed by atoms with Crippen molar-refractivity contribution in [2.75, 3.05) is 11.5 Å². The fourth-order valence-electron chi connectivity index (χ4n) is 2.19. The molecule has 0 spiro atoms. The molecule has 1 nitrogen and oxygen atoms in total. The Morgan fingerprint density at radius 1 is 1.20 bits per heavy atom. The maximum Gasteiger partial charge on any atom is 0.0465 e. The lowest BCUT2D eigenvalue weighted by atomic mass is 10.1. The van der Waals surface area contributed by atoms with Gasteiger partial charge in [-0.1, -0.05) is 19.1 Å². The fourth-order valence-corrected chi connectivity index (χ4v) is 4.54. The van der Waals surface area contributed by atoms with Crippen LogP contribution < -0.4 is 5.32 Å². The maximum absolute atomic E-state index is 3.82. The molecule has 0 aliphatic rings. The molecule has 20 heavy (non-hydrogen) atoms. The summed E-state index contributed by atoms with van der Waals surface area (Å²) in [6.07, 6.45) is 2.34. The van der Waals surface area contributed by atoms with E-state index < -0.39 is 0 Å². The summed E-state index contributed by atoms with van der Waals surface area (Å²) in [7, 11) is 0. The largest absolute Gasteiger partial charge is 0.306 e. The average molecular weight is 326 g/mol. The zero-order valence-corrected chi connectivity index (χ0v) is 14.6. The van der Waals surface area contributed by atoms with Crippen molar-refractivity contribution in [3.8, 4) is 0 Å². The number of hydrogen-bond acceptors (Lipinski definition) is 4. The van der Waals surface area contributed by atoms with Crippen LogP contribution >= 0.6 is 34.4 Å². The van der Waals surface area contributed by atoms with Crippen LogP contribution in [0.3, 0.4) is 0 Å². The minimum atomic E-state index is 0.454. The van der Waals surface area contributed by atoms with E-state index in [1.807, 2.05) is 34.4 Å². The highest BCUT2D eigenvalue weighted by molar-refractivity contribution is 7.99. The Labute approximate surface area is 134 Å². The SMILES string of the molecule is CCSCCC(C)NC(Cc1cccs1)c1cccs1. The maximum atomic E-state index is 3.82. The lowest BCUT2D eigenvalue weighted by Crippen LogP contribution is -2.31. The zero-order chi connectivity index (χ0) is 14.2. The van der Waals surface area contributed by atoms with E-state index in [1.165, 1.54) is 27.7 Å². The molecule has 0 amide bonds. The molecule has 0 saturated carbocycles. The Hall–Kier alpha value is -0.290. The first kappa shape index (κ1) is 16.1. The molecule has 2 heterocycles. The van der Waals surface area contributed by atoms with Crippen LogP contribution in [-0.4, -0.2) is 17.5 Å². The van der Waals surface area contributed by atoms with Gasteiger partial charge in [0.1, 0.15) is 0 Å². The molecule has 0 bridgehead atoms. The summed E-state index contributed by atoms with van der Waals surface area (Å²) in [6, 6.07) is 9.82. The standard InChI is InChI=1S/C16H23NS3/c1-3-18-11-8-13(2)17-15(16-7-5-10-20-16)12-14-6-4-9-19-14/h4-7,9-10,13,15,17H,3,8,11-12H2,1-2H3. The third-order valence-electron chi connectivity index (χ3n) is 3.26. The van der Waals surface area contributed by atoms with Gasteiger partial charge in [0, 0.05) is 28.3 Å². The van der Waals surface area contributed by atoms with E-state index in [2.05, 4.69) is 54.2 Å². The monoisotopic (exact) mass is 325 g/mol. The van der Waals surface area contributed by atoms with Gasteiger partial charge in [-0.15, -0.1) is 22.7 Å². The van der Waals surface area contributed by atoms with E-state index in [-0.39, 0.29) is 0 Å². The molecular weight excluding hydrogens is 302 g/mol. The van der Waals surface area contributed by atoms with Gasteiger partial charge >= 0.3 is 0 Å². The molecule has 2 rings (SSSR count). The van der Waals surface area contributed by atoms with Crippen molar-refractivity contribution in [1.82, 2.24) is 5.32 Å². The van der Waals surface area contributed by atoms with E-state index >= 15 is 0 Å². The van der Waals surface area contributed by atoms with Crippen LogP contribution in [0.1, 0.15) is 36.1 Å². The van der Waals surface area contributed by atoms with Gasteiger partial charge in [0.05, 0.1) is 0 Å². The normalized spacial score (nSPS) is 14.3. The molecule has 1 N–H and O–H groups in total. The highest BCUT2D eigenvalue weighted by Gasteiger charge is 2.16. The van der Waals surface area contributed by atoms with Gasteiger partial charge in [0.15, 0.2) is 0 Å². The van der Waals surface area contributed by atoms with Gasteiger partial charge in [-0.05, 0) is 47.7 Å². The molecule has 110 valence electrons.